The van der Waals surface area contributed by atoms with Crippen LogP contribution in [0.15, 0.2) is 18.2 Å². The summed E-state index contributed by atoms with van der Waals surface area (Å²) in [6.45, 7) is 0. The molecule has 1 saturated heterocycles. The number of carbonyl (C=O) groups excluding carboxylic acids is 3. The highest BCUT2D eigenvalue weighted by atomic mass is 35.5. The van der Waals surface area contributed by atoms with Crippen molar-refractivity contribution < 1.29 is 19.1 Å². The summed E-state index contributed by atoms with van der Waals surface area (Å²) in [5.74, 6) is -3.87. The van der Waals surface area contributed by atoms with Gasteiger partial charge >= 0.3 is 5.97 Å². The monoisotopic (exact) mass is 399 g/mol. The molecule has 0 unspecified atom stereocenters. The molecular formula is C15H11Cl2N3O4S. The van der Waals surface area contributed by atoms with Crippen molar-refractivity contribution in [2.24, 2.45) is 5.92 Å². The summed E-state index contributed by atoms with van der Waals surface area (Å²) < 4.78 is 4.71. The second-order valence-corrected chi connectivity index (χ2v) is 6.44. The van der Waals surface area contributed by atoms with Crippen molar-refractivity contribution >= 4 is 58.2 Å². The van der Waals surface area contributed by atoms with Gasteiger partial charge in [-0.1, -0.05) is 23.2 Å². The van der Waals surface area contributed by atoms with Gasteiger partial charge in [0.2, 0.25) is 5.91 Å². The van der Waals surface area contributed by atoms with Gasteiger partial charge in [-0.25, -0.2) is 4.79 Å². The number of rotatable bonds is 4. The van der Waals surface area contributed by atoms with Gasteiger partial charge < -0.3 is 15.4 Å². The quantitative estimate of drug-likeness (QED) is 0.449. The van der Waals surface area contributed by atoms with Gasteiger partial charge in [0, 0.05) is 17.0 Å². The van der Waals surface area contributed by atoms with Gasteiger partial charge in [0.15, 0.2) is 22.4 Å². The first-order chi connectivity index (χ1) is 11.7. The van der Waals surface area contributed by atoms with Crippen LogP contribution < -0.4 is 10.6 Å². The minimum Gasteiger partial charge on any atom is -0.467 e. The lowest BCUT2D eigenvalue weighted by atomic mass is 9.77. The van der Waals surface area contributed by atoms with Crippen molar-refractivity contribution in [1.29, 1.82) is 5.26 Å². The Hall–Kier alpha value is -2.21. The van der Waals surface area contributed by atoms with Crippen LogP contribution >= 0.6 is 35.4 Å². The lowest BCUT2D eigenvalue weighted by molar-refractivity contribution is -0.152. The summed E-state index contributed by atoms with van der Waals surface area (Å²) in [5.41, 5.74) is -1.87. The molecule has 10 heteroatoms. The van der Waals surface area contributed by atoms with Crippen molar-refractivity contribution in [3.05, 3.63) is 33.8 Å². The van der Waals surface area contributed by atoms with E-state index in [1.54, 1.807) is 6.07 Å². The van der Waals surface area contributed by atoms with E-state index in [0.29, 0.717) is 5.02 Å². The van der Waals surface area contributed by atoms with Crippen LogP contribution in [0, 0.1) is 17.2 Å². The van der Waals surface area contributed by atoms with Crippen molar-refractivity contribution in [2.45, 2.75) is 12.0 Å². The summed E-state index contributed by atoms with van der Waals surface area (Å²) in [4.78, 5) is 37.1. The average Bonchev–Trinajstić information content (AvgIpc) is 2.53. The molecule has 1 aliphatic rings. The van der Waals surface area contributed by atoms with E-state index in [-0.39, 0.29) is 15.7 Å². The Balaban J connectivity index is 2.49. The van der Waals surface area contributed by atoms with Gasteiger partial charge in [-0.3, -0.25) is 9.59 Å². The molecule has 1 fully saturated rings. The Bertz CT molecular complexity index is 823. The molecule has 130 valence electrons. The highest BCUT2D eigenvalue weighted by molar-refractivity contribution is 7.80. The number of methoxy groups -OCH3 is 1. The molecule has 1 aromatic carbocycles. The number of ether oxygens (including phenoxy) is 1. The first-order valence-electron chi connectivity index (χ1n) is 6.84. The van der Waals surface area contributed by atoms with Crippen molar-refractivity contribution in [3.8, 4) is 6.07 Å². The third kappa shape index (κ3) is 3.58. The molecule has 0 aromatic heterocycles. The Kier molecular flexibility index (Phi) is 5.62. The van der Waals surface area contributed by atoms with E-state index in [1.165, 1.54) is 18.2 Å². The number of Topliss-reactive ketones (excluding diaryl/α,β-unsaturated/α-hetero) is 1. The molecule has 1 aliphatic heterocycles. The summed E-state index contributed by atoms with van der Waals surface area (Å²) in [7, 11) is 1.08. The topological polar surface area (TPSA) is 108 Å². The number of carbonyl (C=O) groups is 3. The average molecular weight is 400 g/mol. The predicted octanol–water partition coefficient (Wildman–Crippen LogP) is 1.62. The van der Waals surface area contributed by atoms with Gasteiger partial charge in [-0.15, -0.1) is 0 Å². The van der Waals surface area contributed by atoms with Gasteiger partial charge in [-0.2, -0.15) is 5.26 Å². The first kappa shape index (κ1) is 19.1. The standard InChI is InChI=1S/C15H11Cl2N3O4S/c1-24-13(23)15(9(6-18)12(22)19-14(25)20-15)5-11(21)8-3-2-7(16)4-10(8)17/h2-4,9H,5H2,1H3,(H2,19,20,22,25)/t9-,15+/m0/s1. The van der Waals surface area contributed by atoms with Gasteiger partial charge in [0.05, 0.1) is 18.2 Å². The maximum Gasteiger partial charge on any atom is 0.334 e. The second kappa shape index (κ2) is 7.35. The molecule has 1 amide bonds. The van der Waals surface area contributed by atoms with Crippen molar-refractivity contribution in [3.63, 3.8) is 0 Å². The Morgan fingerprint density at radius 2 is 2.12 bits per heavy atom. The van der Waals surface area contributed by atoms with Crippen LogP contribution in [0.3, 0.4) is 0 Å². The van der Waals surface area contributed by atoms with Crippen LogP contribution in [-0.2, 0) is 14.3 Å². The molecule has 7 nitrogen and oxygen atoms in total. The lowest BCUT2D eigenvalue weighted by Gasteiger charge is -2.38. The predicted molar refractivity (Wildman–Crippen MR) is 93.1 cm³/mol. The fourth-order valence-corrected chi connectivity index (χ4v) is 3.31. The van der Waals surface area contributed by atoms with Crippen LogP contribution in [0.2, 0.25) is 10.0 Å². The lowest BCUT2D eigenvalue weighted by Crippen LogP contribution is -2.70. The molecule has 2 atom stereocenters. The highest BCUT2D eigenvalue weighted by Crippen LogP contribution is 2.30. The summed E-state index contributed by atoms with van der Waals surface area (Å²) in [6, 6.07) is 5.94. The maximum atomic E-state index is 12.7. The van der Waals surface area contributed by atoms with Crippen LogP contribution in [0.1, 0.15) is 16.8 Å². The molecule has 2 N–H and O–H groups in total. The van der Waals surface area contributed by atoms with E-state index in [4.69, 9.17) is 40.2 Å². The number of nitrogens with zero attached hydrogens (tertiary/aromatic N) is 1. The van der Waals surface area contributed by atoms with Crippen LogP contribution in [0.5, 0.6) is 0 Å². The molecule has 2 rings (SSSR count). The van der Waals surface area contributed by atoms with Gasteiger partial charge in [0.1, 0.15) is 0 Å². The van der Waals surface area contributed by atoms with Crippen LogP contribution in [-0.4, -0.2) is 35.4 Å². The number of esters is 1. The van der Waals surface area contributed by atoms with E-state index in [0.717, 1.165) is 7.11 Å². The minimum absolute atomic E-state index is 0.0776. The normalized spacial score (nSPS) is 22.4. The van der Waals surface area contributed by atoms with Gasteiger partial charge in [-0.05, 0) is 30.4 Å². The molecule has 0 bridgehead atoms. The molecule has 0 radical (unpaired) electrons. The minimum atomic E-state index is -1.96. The fourth-order valence-electron chi connectivity index (χ4n) is 2.52. The third-order valence-corrected chi connectivity index (χ3v) is 4.43. The number of thiocarbonyl (C=S) groups is 1. The second-order valence-electron chi connectivity index (χ2n) is 5.19. The molecular weight excluding hydrogens is 389 g/mol. The number of nitriles is 1. The largest absolute Gasteiger partial charge is 0.467 e. The zero-order valence-electron chi connectivity index (χ0n) is 12.8. The van der Waals surface area contributed by atoms with Gasteiger partial charge in [0.25, 0.3) is 0 Å². The van der Waals surface area contributed by atoms with E-state index < -0.39 is 35.5 Å². The molecule has 25 heavy (non-hydrogen) atoms. The third-order valence-electron chi connectivity index (χ3n) is 3.68. The molecule has 0 saturated carbocycles. The number of hydrogen-bond donors (Lipinski definition) is 2. The first-order valence-corrected chi connectivity index (χ1v) is 8.01. The number of hydrogen-bond acceptors (Lipinski definition) is 6. The summed E-state index contributed by atoms with van der Waals surface area (Å²) in [5, 5.41) is 14.4. The Morgan fingerprint density at radius 3 is 2.68 bits per heavy atom. The van der Waals surface area contributed by atoms with Crippen molar-refractivity contribution in [2.75, 3.05) is 7.11 Å². The van der Waals surface area contributed by atoms with Crippen LogP contribution in [0.25, 0.3) is 0 Å². The highest BCUT2D eigenvalue weighted by Gasteiger charge is 2.55. The zero-order chi connectivity index (χ0) is 18.8. The molecule has 0 spiro atoms. The maximum absolute atomic E-state index is 12.7. The summed E-state index contributed by atoms with van der Waals surface area (Å²) in [6.07, 6.45) is -0.563. The number of halogens is 2. The Labute approximate surface area is 158 Å². The molecule has 0 aliphatic carbocycles. The zero-order valence-corrected chi connectivity index (χ0v) is 15.1. The van der Waals surface area contributed by atoms with Crippen molar-refractivity contribution in [1.82, 2.24) is 10.6 Å². The number of nitrogens with one attached hydrogen (secondary N) is 2. The summed E-state index contributed by atoms with van der Waals surface area (Å²) >= 11 is 16.7. The number of ketones is 1. The van der Waals surface area contributed by atoms with E-state index in [9.17, 15) is 19.6 Å². The van der Waals surface area contributed by atoms with E-state index in [1.807, 2.05) is 0 Å². The molecule has 1 heterocycles. The molecule has 1 aromatic rings. The van der Waals surface area contributed by atoms with E-state index in [2.05, 4.69) is 10.6 Å². The number of benzene rings is 1. The fraction of sp³-hybridized carbons (Fsp3) is 0.267. The number of amides is 1. The van der Waals surface area contributed by atoms with E-state index >= 15 is 0 Å². The van der Waals surface area contributed by atoms with Crippen LogP contribution in [0.4, 0.5) is 0 Å². The SMILES string of the molecule is COC(=O)[C@]1(CC(=O)c2ccc(Cl)cc2Cl)NC(=S)NC(=O)[C@@H]1C#N. The smallest absolute Gasteiger partial charge is 0.334 e. The Morgan fingerprint density at radius 1 is 1.44 bits per heavy atom.